The molecule has 0 saturated heterocycles. The molecule has 0 atom stereocenters. The first-order valence-electron chi connectivity index (χ1n) is 10.4. The highest BCUT2D eigenvalue weighted by Crippen LogP contribution is 2.28. The van der Waals surface area contributed by atoms with E-state index in [1.54, 1.807) is 42.7 Å². The minimum absolute atomic E-state index is 0.192. The number of methoxy groups -OCH3 is 1. The van der Waals surface area contributed by atoms with Gasteiger partial charge in [-0.25, -0.2) is 4.98 Å². The number of anilines is 1. The SMILES string of the molecule is COc1ccc(NC(=O)c2cc(-c3ccco3)nc3ccccc23)c(C(=O)NC2CC2)c1. The number of carbonyl (C=O) groups excluding carboxylic acids is 2. The molecule has 7 heteroatoms. The summed E-state index contributed by atoms with van der Waals surface area (Å²) in [5.74, 6) is 0.525. The smallest absolute Gasteiger partial charge is 0.256 e. The van der Waals surface area contributed by atoms with E-state index in [9.17, 15) is 9.59 Å². The van der Waals surface area contributed by atoms with Crippen LogP contribution in [0.15, 0.2) is 71.3 Å². The van der Waals surface area contributed by atoms with Gasteiger partial charge in [0, 0.05) is 11.4 Å². The number of amides is 2. The monoisotopic (exact) mass is 427 g/mol. The molecule has 0 spiro atoms. The minimum Gasteiger partial charge on any atom is -0.497 e. The molecule has 5 rings (SSSR count). The third-order valence-corrected chi connectivity index (χ3v) is 5.37. The quantitative estimate of drug-likeness (QED) is 0.467. The van der Waals surface area contributed by atoms with Gasteiger partial charge >= 0.3 is 0 Å². The number of aromatic nitrogens is 1. The van der Waals surface area contributed by atoms with Gasteiger partial charge in [-0.1, -0.05) is 18.2 Å². The van der Waals surface area contributed by atoms with Crippen LogP contribution in [-0.2, 0) is 0 Å². The second-order valence-corrected chi connectivity index (χ2v) is 7.66. The first-order valence-corrected chi connectivity index (χ1v) is 10.4. The Bertz CT molecular complexity index is 1310. The van der Waals surface area contributed by atoms with Gasteiger partial charge in [0.2, 0.25) is 0 Å². The summed E-state index contributed by atoms with van der Waals surface area (Å²) in [6.45, 7) is 0. The molecule has 2 heterocycles. The van der Waals surface area contributed by atoms with E-state index in [0.29, 0.717) is 44.9 Å². The van der Waals surface area contributed by atoms with Crippen molar-refractivity contribution in [1.82, 2.24) is 10.3 Å². The average Bonchev–Trinajstić information content (AvgIpc) is 3.46. The Morgan fingerprint density at radius 2 is 1.84 bits per heavy atom. The lowest BCUT2D eigenvalue weighted by atomic mass is 10.1. The van der Waals surface area contributed by atoms with Crippen LogP contribution < -0.4 is 15.4 Å². The number of furan rings is 1. The Morgan fingerprint density at radius 3 is 2.59 bits per heavy atom. The summed E-state index contributed by atoms with van der Waals surface area (Å²) in [5, 5.41) is 6.57. The lowest BCUT2D eigenvalue weighted by Gasteiger charge is -2.14. The first-order chi connectivity index (χ1) is 15.6. The molecular formula is C25H21N3O4. The summed E-state index contributed by atoms with van der Waals surface area (Å²) in [7, 11) is 1.54. The Balaban J connectivity index is 1.53. The number of nitrogens with zero attached hydrogens (tertiary/aromatic N) is 1. The highest BCUT2D eigenvalue weighted by molar-refractivity contribution is 6.15. The molecule has 160 valence electrons. The Morgan fingerprint density at radius 1 is 1.00 bits per heavy atom. The van der Waals surface area contributed by atoms with E-state index in [1.165, 1.54) is 7.11 Å². The van der Waals surface area contributed by atoms with Gasteiger partial charge in [0.25, 0.3) is 11.8 Å². The van der Waals surface area contributed by atoms with Crippen LogP contribution in [0.4, 0.5) is 5.69 Å². The molecule has 1 saturated carbocycles. The largest absolute Gasteiger partial charge is 0.497 e. The number of fused-ring (bicyclic) bond motifs is 1. The lowest BCUT2D eigenvalue weighted by Crippen LogP contribution is -2.27. The number of benzene rings is 2. The maximum atomic E-state index is 13.4. The average molecular weight is 427 g/mol. The van der Waals surface area contributed by atoms with Crippen LogP contribution in [0.3, 0.4) is 0 Å². The third kappa shape index (κ3) is 3.92. The van der Waals surface area contributed by atoms with Crippen molar-refractivity contribution >= 4 is 28.4 Å². The summed E-state index contributed by atoms with van der Waals surface area (Å²) < 4.78 is 10.8. The van der Waals surface area contributed by atoms with E-state index in [1.807, 2.05) is 24.3 Å². The van der Waals surface area contributed by atoms with Crippen LogP contribution in [0.25, 0.3) is 22.4 Å². The molecule has 1 aliphatic carbocycles. The topological polar surface area (TPSA) is 93.5 Å². The third-order valence-electron chi connectivity index (χ3n) is 5.37. The maximum absolute atomic E-state index is 13.4. The molecule has 2 aromatic carbocycles. The van der Waals surface area contributed by atoms with Crippen LogP contribution in [0.5, 0.6) is 5.75 Å². The molecular weight excluding hydrogens is 406 g/mol. The van der Waals surface area contributed by atoms with Gasteiger partial charge in [-0.3, -0.25) is 9.59 Å². The molecule has 1 aliphatic rings. The van der Waals surface area contributed by atoms with E-state index in [4.69, 9.17) is 9.15 Å². The van der Waals surface area contributed by atoms with Crippen LogP contribution >= 0.6 is 0 Å². The van der Waals surface area contributed by atoms with Crippen molar-refractivity contribution in [2.45, 2.75) is 18.9 Å². The highest BCUT2D eigenvalue weighted by Gasteiger charge is 2.26. The van der Waals surface area contributed by atoms with E-state index < -0.39 is 0 Å². The fourth-order valence-corrected chi connectivity index (χ4v) is 3.54. The van der Waals surface area contributed by atoms with Crippen molar-refractivity contribution < 1.29 is 18.7 Å². The maximum Gasteiger partial charge on any atom is 0.256 e. The van der Waals surface area contributed by atoms with Crippen LogP contribution in [0.2, 0.25) is 0 Å². The molecule has 1 fully saturated rings. The predicted octanol–water partition coefficient (Wildman–Crippen LogP) is 4.65. The number of hydrogen-bond acceptors (Lipinski definition) is 5. The summed E-state index contributed by atoms with van der Waals surface area (Å²) in [5.41, 5.74) is 2.43. The molecule has 4 aromatic rings. The number of pyridine rings is 1. The molecule has 2 amide bonds. The van der Waals surface area contributed by atoms with Crippen molar-refractivity contribution in [3.05, 3.63) is 78.1 Å². The fourth-order valence-electron chi connectivity index (χ4n) is 3.54. The number of para-hydroxylation sites is 1. The highest BCUT2D eigenvalue weighted by atomic mass is 16.5. The van der Waals surface area contributed by atoms with Crippen LogP contribution in [0, 0.1) is 0 Å². The van der Waals surface area contributed by atoms with Crippen molar-refractivity contribution in [2.24, 2.45) is 0 Å². The van der Waals surface area contributed by atoms with Crippen molar-refractivity contribution in [3.63, 3.8) is 0 Å². The standard InChI is InChI=1S/C25H21N3O4/c1-31-16-10-11-21(19(13-16)25(30)26-15-8-9-15)28-24(29)18-14-22(23-7-4-12-32-23)27-20-6-3-2-5-17(18)20/h2-7,10-15H,8-9H2,1H3,(H,26,30)(H,28,29). The molecule has 0 bridgehead atoms. The Kier molecular flexibility index (Phi) is 5.07. The number of rotatable bonds is 6. The number of carbonyl (C=O) groups is 2. The fraction of sp³-hybridized carbons (Fsp3) is 0.160. The van der Waals surface area contributed by atoms with E-state index in [2.05, 4.69) is 15.6 Å². The zero-order chi connectivity index (χ0) is 22.1. The first kappa shape index (κ1) is 19.8. The Hall–Kier alpha value is -4.13. The molecule has 0 unspecified atom stereocenters. The van der Waals surface area contributed by atoms with Crippen LogP contribution in [0.1, 0.15) is 33.6 Å². The Labute approximate surface area is 184 Å². The molecule has 2 aromatic heterocycles. The number of hydrogen-bond donors (Lipinski definition) is 2. The normalized spacial score (nSPS) is 13.0. The van der Waals surface area contributed by atoms with Gasteiger partial charge in [0.05, 0.1) is 35.7 Å². The minimum atomic E-state index is -0.345. The predicted molar refractivity (Wildman–Crippen MR) is 121 cm³/mol. The van der Waals surface area contributed by atoms with Gasteiger partial charge in [-0.05, 0) is 55.3 Å². The molecule has 0 aliphatic heterocycles. The van der Waals surface area contributed by atoms with Gasteiger partial charge in [0.15, 0.2) is 5.76 Å². The number of nitrogens with one attached hydrogen (secondary N) is 2. The molecule has 7 nitrogen and oxygen atoms in total. The van der Waals surface area contributed by atoms with Gasteiger partial charge in [0.1, 0.15) is 11.4 Å². The van der Waals surface area contributed by atoms with Gasteiger partial charge < -0.3 is 19.8 Å². The lowest BCUT2D eigenvalue weighted by molar-refractivity contribution is 0.0951. The molecule has 2 N–H and O–H groups in total. The van der Waals surface area contributed by atoms with Gasteiger partial charge in [-0.15, -0.1) is 0 Å². The second kappa shape index (κ2) is 8.19. The molecule has 32 heavy (non-hydrogen) atoms. The summed E-state index contributed by atoms with van der Waals surface area (Å²) in [6.07, 6.45) is 3.50. The van der Waals surface area contributed by atoms with E-state index in [-0.39, 0.29) is 17.9 Å². The zero-order valence-electron chi connectivity index (χ0n) is 17.4. The number of ether oxygens (including phenoxy) is 1. The second-order valence-electron chi connectivity index (χ2n) is 7.66. The van der Waals surface area contributed by atoms with Crippen molar-refractivity contribution in [3.8, 4) is 17.2 Å². The van der Waals surface area contributed by atoms with Crippen LogP contribution in [-0.4, -0.2) is 29.9 Å². The van der Waals surface area contributed by atoms with Crippen molar-refractivity contribution in [1.29, 1.82) is 0 Å². The zero-order valence-corrected chi connectivity index (χ0v) is 17.4. The summed E-state index contributed by atoms with van der Waals surface area (Å²) in [6, 6.07) is 17.9. The molecule has 0 radical (unpaired) electrons. The van der Waals surface area contributed by atoms with Gasteiger partial charge in [-0.2, -0.15) is 0 Å². The summed E-state index contributed by atoms with van der Waals surface area (Å²) in [4.78, 5) is 30.8. The summed E-state index contributed by atoms with van der Waals surface area (Å²) >= 11 is 0. The van der Waals surface area contributed by atoms with E-state index in [0.717, 1.165) is 12.8 Å². The van der Waals surface area contributed by atoms with Crippen molar-refractivity contribution in [2.75, 3.05) is 12.4 Å². The van der Waals surface area contributed by atoms with E-state index >= 15 is 0 Å².